The van der Waals surface area contributed by atoms with Crippen LogP contribution in [0.25, 0.3) is 0 Å². The van der Waals surface area contributed by atoms with E-state index in [-0.39, 0.29) is 22.7 Å². The zero-order chi connectivity index (χ0) is 25.2. The monoisotopic (exact) mass is 457 g/mol. The Morgan fingerprint density at radius 1 is 1.15 bits per heavy atom. The van der Waals surface area contributed by atoms with Crippen LogP contribution in [0.5, 0.6) is 0 Å². The molecule has 1 aliphatic rings. The van der Waals surface area contributed by atoms with E-state index in [0.717, 1.165) is 44.5 Å². The summed E-state index contributed by atoms with van der Waals surface area (Å²) >= 11 is 0. The average molecular weight is 458 g/mol. The van der Waals surface area contributed by atoms with Gasteiger partial charge in [0.2, 0.25) is 0 Å². The molecule has 0 bridgehead atoms. The predicted molar refractivity (Wildman–Crippen MR) is 138 cm³/mol. The number of carbonyl (C=O) groups excluding carboxylic acids is 2. The first-order chi connectivity index (χ1) is 15.9. The van der Waals surface area contributed by atoms with Gasteiger partial charge in [-0.3, -0.25) is 4.79 Å². The molecule has 1 rings (SSSR count). The summed E-state index contributed by atoms with van der Waals surface area (Å²) in [4.78, 5) is 27.8. The van der Waals surface area contributed by atoms with Crippen LogP contribution in [0.15, 0.2) is 71.7 Å². The van der Waals surface area contributed by atoms with Gasteiger partial charge in [0.15, 0.2) is 5.78 Å². The Bertz CT molecular complexity index is 780. The van der Waals surface area contributed by atoms with Gasteiger partial charge in [-0.1, -0.05) is 70.9 Å². The van der Waals surface area contributed by atoms with E-state index in [1.165, 1.54) is 6.08 Å². The van der Waals surface area contributed by atoms with Gasteiger partial charge in [-0.2, -0.15) is 0 Å². The number of rotatable bonds is 13. The third-order valence-corrected chi connectivity index (χ3v) is 5.08. The van der Waals surface area contributed by atoms with Gasteiger partial charge in [0.25, 0.3) is 0 Å². The number of aliphatic hydroxyl groups is 1. The van der Waals surface area contributed by atoms with E-state index in [1.807, 2.05) is 40.7 Å². The minimum Gasteiger partial charge on any atom is -0.508 e. The van der Waals surface area contributed by atoms with Gasteiger partial charge in [0.05, 0.1) is 18.1 Å². The Balaban J connectivity index is 0.00000497. The Labute approximate surface area is 200 Å². The molecule has 184 valence electrons. The molecule has 0 heterocycles. The molecule has 1 unspecified atom stereocenters. The fraction of sp³-hybridized carbons (Fsp3) is 0.500. The molecule has 0 saturated heterocycles. The molecule has 0 spiro atoms. The van der Waals surface area contributed by atoms with E-state index in [0.29, 0.717) is 6.61 Å². The highest BCUT2D eigenvalue weighted by molar-refractivity contribution is 6.11. The van der Waals surface area contributed by atoms with Crippen molar-refractivity contribution in [2.45, 2.75) is 67.2 Å². The van der Waals surface area contributed by atoms with Gasteiger partial charge < -0.3 is 14.7 Å². The second kappa shape index (κ2) is 17.7. The summed E-state index contributed by atoms with van der Waals surface area (Å²) in [5.74, 6) is -1.61. The van der Waals surface area contributed by atoms with Crippen molar-refractivity contribution < 1.29 is 19.4 Å². The SMILES string of the molecule is C=C(C(=O)OCCCCCC)/C(=C\C=C/C)C(=O)C1C=CC(N(CC)CC)=CC(O)=C1.CC. The summed E-state index contributed by atoms with van der Waals surface area (Å²) in [5.41, 5.74) is 1.04. The number of hydrogen-bond donors (Lipinski definition) is 1. The second-order valence-electron chi connectivity index (χ2n) is 7.36. The van der Waals surface area contributed by atoms with Crippen LogP contribution >= 0.6 is 0 Å². The van der Waals surface area contributed by atoms with Gasteiger partial charge in [-0.15, -0.1) is 0 Å². The lowest BCUT2D eigenvalue weighted by atomic mass is 9.92. The Morgan fingerprint density at radius 2 is 1.82 bits per heavy atom. The Hall–Kier alpha value is -2.82. The maximum atomic E-state index is 13.3. The maximum absolute atomic E-state index is 13.3. The predicted octanol–water partition coefficient (Wildman–Crippen LogP) is 6.62. The van der Waals surface area contributed by atoms with E-state index < -0.39 is 11.9 Å². The topological polar surface area (TPSA) is 66.8 Å². The third kappa shape index (κ3) is 10.6. The summed E-state index contributed by atoms with van der Waals surface area (Å²) in [7, 11) is 0. The highest BCUT2D eigenvalue weighted by Gasteiger charge is 2.25. The van der Waals surface area contributed by atoms with Crippen LogP contribution < -0.4 is 0 Å². The molecule has 0 amide bonds. The summed E-state index contributed by atoms with van der Waals surface area (Å²) < 4.78 is 5.32. The minimum absolute atomic E-state index is 0.0137. The lowest BCUT2D eigenvalue weighted by Crippen LogP contribution is -2.21. The molecule has 1 N–H and O–H groups in total. The smallest absolute Gasteiger partial charge is 0.338 e. The van der Waals surface area contributed by atoms with Crippen LogP contribution in [-0.2, 0) is 14.3 Å². The number of allylic oxidation sites excluding steroid dienone is 7. The van der Waals surface area contributed by atoms with Crippen molar-refractivity contribution in [1.29, 1.82) is 0 Å². The fourth-order valence-corrected chi connectivity index (χ4v) is 3.23. The van der Waals surface area contributed by atoms with Crippen molar-refractivity contribution in [2.75, 3.05) is 19.7 Å². The van der Waals surface area contributed by atoms with Crippen molar-refractivity contribution in [3.8, 4) is 0 Å². The summed E-state index contributed by atoms with van der Waals surface area (Å²) in [6.07, 6.45) is 15.7. The van der Waals surface area contributed by atoms with Gasteiger partial charge in [0.1, 0.15) is 5.76 Å². The quantitative estimate of drug-likeness (QED) is 0.146. The van der Waals surface area contributed by atoms with Crippen molar-refractivity contribution in [3.05, 3.63) is 71.7 Å². The van der Waals surface area contributed by atoms with Gasteiger partial charge in [-0.05, 0) is 39.3 Å². The molecule has 0 aromatic carbocycles. The van der Waals surface area contributed by atoms with Gasteiger partial charge in [0, 0.05) is 30.4 Å². The molecule has 1 atom stereocenters. The van der Waals surface area contributed by atoms with Crippen molar-refractivity contribution in [1.82, 2.24) is 4.90 Å². The first kappa shape index (κ1) is 30.2. The lowest BCUT2D eigenvalue weighted by molar-refractivity contribution is -0.139. The first-order valence-electron chi connectivity index (χ1n) is 12.2. The first-order valence-corrected chi connectivity index (χ1v) is 12.2. The minimum atomic E-state index is -0.713. The van der Waals surface area contributed by atoms with E-state index in [4.69, 9.17) is 4.74 Å². The van der Waals surface area contributed by atoms with Crippen LogP contribution in [-0.4, -0.2) is 41.5 Å². The summed E-state index contributed by atoms with van der Waals surface area (Å²) in [6.45, 7) is 17.7. The molecule has 5 nitrogen and oxygen atoms in total. The fourth-order valence-electron chi connectivity index (χ4n) is 3.23. The summed E-state index contributed by atoms with van der Waals surface area (Å²) in [5, 5.41) is 10.3. The second-order valence-corrected chi connectivity index (χ2v) is 7.36. The normalized spacial score (nSPS) is 15.7. The lowest BCUT2D eigenvalue weighted by Gasteiger charge is -2.21. The van der Waals surface area contributed by atoms with E-state index in [2.05, 4.69) is 18.4 Å². The molecule has 0 radical (unpaired) electrons. The molecule has 0 aromatic heterocycles. The Morgan fingerprint density at radius 3 is 2.39 bits per heavy atom. The van der Waals surface area contributed by atoms with E-state index >= 15 is 0 Å². The zero-order valence-electron chi connectivity index (χ0n) is 21.4. The number of carbonyl (C=O) groups is 2. The maximum Gasteiger partial charge on any atom is 0.338 e. The number of aliphatic hydroxyl groups excluding tert-OH is 1. The number of Topliss-reactive ketones (excluding diaryl/α,β-unsaturated/α-hetero) is 1. The molecule has 1 aliphatic carbocycles. The number of unbranched alkanes of at least 4 members (excludes halogenated alkanes) is 3. The van der Waals surface area contributed by atoms with Crippen LogP contribution in [0.2, 0.25) is 0 Å². The molecule has 0 saturated carbocycles. The molecule has 0 aromatic rings. The van der Waals surface area contributed by atoms with Crippen LogP contribution in [0, 0.1) is 5.92 Å². The molecule has 0 fully saturated rings. The summed E-state index contributed by atoms with van der Waals surface area (Å²) in [6, 6.07) is 0. The number of esters is 1. The number of ketones is 1. The standard InChI is InChI=1S/C26H37NO4.C2H6/c1-6-10-12-13-17-31-26(30)20(5)24(14-11-7-2)25(29)21-15-16-22(19-23(28)18-21)27(8-3)9-4;1-2/h7,11,14-16,18-19,21,28H,5-6,8-10,12-13,17H2,1-4H3;1-2H3/b11-7-,24-14+;. The van der Waals surface area contributed by atoms with Crippen LogP contribution in [0.3, 0.4) is 0 Å². The zero-order valence-corrected chi connectivity index (χ0v) is 21.4. The molecule has 33 heavy (non-hydrogen) atoms. The van der Waals surface area contributed by atoms with Crippen molar-refractivity contribution in [3.63, 3.8) is 0 Å². The van der Waals surface area contributed by atoms with E-state index in [1.54, 1.807) is 30.4 Å². The number of ether oxygens (including phenoxy) is 1. The van der Waals surface area contributed by atoms with Crippen molar-refractivity contribution in [2.24, 2.45) is 5.92 Å². The number of nitrogens with zero attached hydrogens (tertiary/aromatic N) is 1. The van der Waals surface area contributed by atoms with Crippen LogP contribution in [0.1, 0.15) is 67.2 Å². The molecule has 5 heteroatoms. The highest BCUT2D eigenvalue weighted by atomic mass is 16.5. The number of hydrogen-bond acceptors (Lipinski definition) is 5. The van der Waals surface area contributed by atoms with Crippen LogP contribution in [0.4, 0.5) is 0 Å². The van der Waals surface area contributed by atoms with Gasteiger partial charge >= 0.3 is 5.97 Å². The average Bonchev–Trinajstić information content (AvgIpc) is 3.02. The van der Waals surface area contributed by atoms with Gasteiger partial charge in [-0.25, -0.2) is 4.79 Å². The largest absolute Gasteiger partial charge is 0.508 e. The number of likely N-dealkylation sites (N-methyl/N-ethyl adjacent to an activating group) is 1. The third-order valence-electron chi connectivity index (χ3n) is 5.08. The van der Waals surface area contributed by atoms with Crippen molar-refractivity contribution >= 4 is 11.8 Å². The molecule has 0 aliphatic heterocycles. The Kier molecular flexibility index (Phi) is 16.2. The molecular weight excluding hydrogens is 414 g/mol. The van der Waals surface area contributed by atoms with E-state index in [9.17, 15) is 14.7 Å². The highest BCUT2D eigenvalue weighted by Crippen LogP contribution is 2.23. The molecular formula is C28H43NO4.